The Morgan fingerprint density at radius 1 is 1.00 bits per heavy atom. The average Bonchev–Trinajstić information content (AvgIpc) is 2.62. The lowest BCUT2D eigenvalue weighted by Crippen LogP contribution is -2.35. The molecule has 0 saturated heterocycles. The SMILES string of the molecule is Cc1cccc(O[C@@H](C)C(=O)O[C@@H](C)C(=O)Nc2ccc(F)c(F)c2F)c1. The maximum absolute atomic E-state index is 13.6. The molecule has 0 spiro atoms. The number of hydrogen-bond donors (Lipinski definition) is 1. The summed E-state index contributed by atoms with van der Waals surface area (Å²) in [5.74, 6) is -5.90. The number of esters is 1. The molecule has 2 atom stereocenters. The number of aryl methyl sites for hydroxylation is 1. The monoisotopic (exact) mass is 381 g/mol. The molecule has 144 valence electrons. The maximum atomic E-state index is 13.6. The van der Waals surface area contributed by atoms with Crippen LogP contribution in [0, 0.1) is 24.4 Å². The van der Waals surface area contributed by atoms with Crippen molar-refractivity contribution in [3.8, 4) is 5.75 Å². The summed E-state index contributed by atoms with van der Waals surface area (Å²) >= 11 is 0. The van der Waals surface area contributed by atoms with E-state index >= 15 is 0 Å². The minimum Gasteiger partial charge on any atom is -0.479 e. The number of amides is 1. The Morgan fingerprint density at radius 3 is 2.37 bits per heavy atom. The van der Waals surface area contributed by atoms with E-state index in [-0.39, 0.29) is 0 Å². The van der Waals surface area contributed by atoms with Crippen molar-refractivity contribution in [3.63, 3.8) is 0 Å². The molecule has 0 heterocycles. The van der Waals surface area contributed by atoms with Crippen molar-refractivity contribution in [1.29, 1.82) is 0 Å². The van der Waals surface area contributed by atoms with Gasteiger partial charge >= 0.3 is 5.97 Å². The lowest BCUT2D eigenvalue weighted by molar-refractivity contribution is -0.159. The van der Waals surface area contributed by atoms with Crippen LogP contribution in [0.5, 0.6) is 5.75 Å². The standard InChI is InChI=1S/C19H18F3NO4/c1-10-5-4-6-13(9-10)26-12(3)19(25)27-11(2)18(24)23-15-8-7-14(20)16(21)17(15)22/h4-9,11-12H,1-3H3,(H,23,24)/t11-,12-/m0/s1. The van der Waals surface area contributed by atoms with Crippen LogP contribution < -0.4 is 10.1 Å². The molecule has 1 amide bonds. The maximum Gasteiger partial charge on any atom is 0.347 e. The lowest BCUT2D eigenvalue weighted by atomic mass is 10.2. The van der Waals surface area contributed by atoms with Gasteiger partial charge in [0.05, 0.1) is 5.69 Å². The second-order valence-electron chi connectivity index (χ2n) is 5.87. The van der Waals surface area contributed by atoms with Gasteiger partial charge in [-0.2, -0.15) is 0 Å². The Hall–Kier alpha value is -3.03. The molecule has 27 heavy (non-hydrogen) atoms. The van der Waals surface area contributed by atoms with E-state index in [2.05, 4.69) is 0 Å². The van der Waals surface area contributed by atoms with Crippen molar-refractivity contribution in [2.75, 3.05) is 5.32 Å². The molecule has 0 aromatic heterocycles. The van der Waals surface area contributed by atoms with Crippen LogP contribution in [-0.4, -0.2) is 24.1 Å². The molecule has 2 aromatic carbocycles. The summed E-state index contributed by atoms with van der Waals surface area (Å²) in [5, 5.41) is 2.04. The number of nitrogens with one attached hydrogen (secondary N) is 1. The molecule has 2 aromatic rings. The number of carbonyl (C=O) groups excluding carboxylic acids is 2. The fourth-order valence-corrected chi connectivity index (χ4v) is 2.12. The van der Waals surface area contributed by atoms with Crippen molar-refractivity contribution in [3.05, 3.63) is 59.4 Å². The lowest BCUT2D eigenvalue weighted by Gasteiger charge is -2.18. The van der Waals surface area contributed by atoms with Gasteiger partial charge in [-0.25, -0.2) is 18.0 Å². The predicted octanol–water partition coefficient (Wildman–Crippen LogP) is 3.75. The summed E-state index contributed by atoms with van der Waals surface area (Å²) in [6, 6.07) is 8.55. The van der Waals surface area contributed by atoms with Gasteiger partial charge < -0.3 is 14.8 Å². The zero-order chi connectivity index (χ0) is 20.1. The number of anilines is 1. The molecule has 0 saturated carbocycles. The van der Waals surface area contributed by atoms with Gasteiger partial charge in [-0.15, -0.1) is 0 Å². The van der Waals surface area contributed by atoms with Crippen molar-refractivity contribution < 1.29 is 32.2 Å². The Morgan fingerprint density at radius 2 is 1.70 bits per heavy atom. The first-order chi connectivity index (χ1) is 12.7. The van der Waals surface area contributed by atoms with Crippen molar-refractivity contribution in [2.24, 2.45) is 0 Å². The first-order valence-electron chi connectivity index (χ1n) is 8.07. The molecule has 0 aliphatic rings. The summed E-state index contributed by atoms with van der Waals surface area (Å²) < 4.78 is 50.1. The van der Waals surface area contributed by atoms with E-state index in [9.17, 15) is 22.8 Å². The van der Waals surface area contributed by atoms with Gasteiger partial charge in [0, 0.05) is 0 Å². The Bertz CT molecular complexity index is 857. The largest absolute Gasteiger partial charge is 0.479 e. The van der Waals surface area contributed by atoms with Crippen molar-refractivity contribution >= 4 is 17.6 Å². The summed E-state index contributed by atoms with van der Waals surface area (Å²) in [5.41, 5.74) is 0.375. The predicted molar refractivity (Wildman–Crippen MR) is 91.8 cm³/mol. The van der Waals surface area contributed by atoms with Crippen molar-refractivity contribution in [1.82, 2.24) is 0 Å². The molecule has 8 heteroatoms. The van der Waals surface area contributed by atoms with Gasteiger partial charge in [0.15, 0.2) is 29.7 Å². The topological polar surface area (TPSA) is 64.6 Å². The van der Waals surface area contributed by atoms with E-state index in [1.165, 1.54) is 13.8 Å². The molecule has 0 aliphatic carbocycles. The number of rotatable bonds is 6. The third-order valence-electron chi connectivity index (χ3n) is 3.59. The molecular weight excluding hydrogens is 363 g/mol. The molecule has 0 radical (unpaired) electrons. The fraction of sp³-hybridized carbons (Fsp3) is 0.263. The van der Waals surface area contributed by atoms with E-state index < -0.39 is 47.2 Å². The first-order valence-corrected chi connectivity index (χ1v) is 8.07. The second-order valence-corrected chi connectivity index (χ2v) is 5.87. The summed E-state index contributed by atoms with van der Waals surface area (Å²) in [4.78, 5) is 24.1. The van der Waals surface area contributed by atoms with E-state index in [4.69, 9.17) is 9.47 Å². The van der Waals surface area contributed by atoms with Crippen molar-refractivity contribution in [2.45, 2.75) is 33.0 Å². The quantitative estimate of drug-likeness (QED) is 0.611. The number of halogens is 3. The highest BCUT2D eigenvalue weighted by molar-refractivity contribution is 5.95. The smallest absolute Gasteiger partial charge is 0.347 e. The zero-order valence-corrected chi connectivity index (χ0v) is 14.9. The molecule has 1 N–H and O–H groups in total. The second kappa shape index (κ2) is 8.57. The molecule has 0 fully saturated rings. The summed E-state index contributed by atoms with van der Waals surface area (Å²) in [6.45, 7) is 4.56. The number of benzene rings is 2. The molecule has 0 bridgehead atoms. The number of hydrogen-bond acceptors (Lipinski definition) is 4. The number of carbonyl (C=O) groups is 2. The normalized spacial score (nSPS) is 12.8. The highest BCUT2D eigenvalue weighted by atomic mass is 19.2. The minimum atomic E-state index is -1.71. The van der Waals surface area contributed by atoms with Crippen LogP contribution >= 0.6 is 0 Å². The van der Waals surface area contributed by atoms with E-state index in [0.717, 1.165) is 11.6 Å². The zero-order valence-electron chi connectivity index (χ0n) is 14.9. The molecular formula is C19H18F3NO4. The Labute approximate surface area is 154 Å². The van der Waals surface area contributed by atoms with E-state index in [1.807, 2.05) is 18.3 Å². The van der Waals surface area contributed by atoms with E-state index in [0.29, 0.717) is 11.8 Å². The van der Waals surface area contributed by atoms with Gasteiger partial charge in [0.25, 0.3) is 5.91 Å². The third-order valence-corrected chi connectivity index (χ3v) is 3.59. The van der Waals surface area contributed by atoms with Crippen LogP contribution in [0.15, 0.2) is 36.4 Å². The molecule has 0 unspecified atom stereocenters. The minimum absolute atomic E-state index is 0.459. The highest BCUT2D eigenvalue weighted by Gasteiger charge is 2.24. The van der Waals surface area contributed by atoms with E-state index in [1.54, 1.807) is 18.2 Å². The Kier molecular flexibility index (Phi) is 6.44. The number of ether oxygens (including phenoxy) is 2. The van der Waals surface area contributed by atoms with Crippen LogP contribution in [0.1, 0.15) is 19.4 Å². The van der Waals surface area contributed by atoms with Gasteiger partial charge in [0.1, 0.15) is 5.75 Å². The first kappa shape index (κ1) is 20.3. The van der Waals surface area contributed by atoms with Crippen LogP contribution in [-0.2, 0) is 14.3 Å². The third kappa shape index (κ3) is 5.22. The summed E-state index contributed by atoms with van der Waals surface area (Å²) in [7, 11) is 0. The average molecular weight is 381 g/mol. The summed E-state index contributed by atoms with van der Waals surface area (Å²) in [6.07, 6.45) is -2.31. The molecule has 5 nitrogen and oxygen atoms in total. The Balaban J connectivity index is 1.95. The van der Waals surface area contributed by atoms with Crippen LogP contribution in [0.2, 0.25) is 0 Å². The van der Waals surface area contributed by atoms with Gasteiger partial charge in [-0.05, 0) is 50.6 Å². The van der Waals surface area contributed by atoms with Gasteiger partial charge in [0.2, 0.25) is 0 Å². The van der Waals surface area contributed by atoms with Crippen LogP contribution in [0.4, 0.5) is 18.9 Å². The van der Waals surface area contributed by atoms with Gasteiger partial charge in [-0.3, -0.25) is 4.79 Å². The molecule has 2 rings (SSSR count). The fourth-order valence-electron chi connectivity index (χ4n) is 2.12. The van der Waals surface area contributed by atoms with Crippen LogP contribution in [0.25, 0.3) is 0 Å². The van der Waals surface area contributed by atoms with Gasteiger partial charge in [-0.1, -0.05) is 12.1 Å². The molecule has 0 aliphatic heterocycles. The van der Waals surface area contributed by atoms with Crippen LogP contribution in [0.3, 0.4) is 0 Å². The highest BCUT2D eigenvalue weighted by Crippen LogP contribution is 2.20.